The molecule has 0 saturated heterocycles. The Hall–Kier alpha value is -0.950. The Balaban J connectivity index is 2.28. The lowest BCUT2D eigenvalue weighted by Gasteiger charge is -2.26. The molecule has 0 amide bonds. The molecule has 2 aromatic rings. The highest BCUT2D eigenvalue weighted by Crippen LogP contribution is 2.57. The highest BCUT2D eigenvalue weighted by molar-refractivity contribution is 8.05. The number of benzene rings is 2. The van der Waals surface area contributed by atoms with Gasteiger partial charge in [-0.1, -0.05) is 56.3 Å². The van der Waals surface area contributed by atoms with E-state index >= 15 is 0 Å². The molecule has 2 rings (SSSR count). The van der Waals surface area contributed by atoms with E-state index in [2.05, 4.69) is 26.0 Å². The lowest BCUT2D eigenvalue weighted by Crippen LogP contribution is -2.18. The molecule has 0 aliphatic carbocycles. The molecule has 0 aliphatic heterocycles. The molecule has 0 saturated carbocycles. The van der Waals surface area contributed by atoms with Crippen molar-refractivity contribution in [3.8, 4) is 5.75 Å². The van der Waals surface area contributed by atoms with Gasteiger partial charge in [-0.3, -0.25) is 0 Å². The molecule has 0 bridgehead atoms. The topological polar surface area (TPSA) is 26.3 Å². The van der Waals surface area contributed by atoms with Crippen LogP contribution >= 0.6 is 28.6 Å². The molecule has 0 aromatic heterocycles. The largest absolute Gasteiger partial charge is 0.428 e. The molecule has 0 atom stereocenters. The van der Waals surface area contributed by atoms with Crippen LogP contribution in [0.3, 0.4) is 0 Å². The third-order valence-electron chi connectivity index (χ3n) is 3.28. The summed E-state index contributed by atoms with van der Waals surface area (Å²) < 4.78 is 16.2. The number of hydrogen-bond acceptors (Lipinski definition) is 2. The molecule has 0 fully saturated rings. The SMILES string of the molecule is CC(C)(c1ccccc1)c1ccc(OP(=O)(Cl)Cl)cc1. The van der Waals surface area contributed by atoms with Crippen molar-refractivity contribution in [3.63, 3.8) is 0 Å². The van der Waals surface area contributed by atoms with E-state index in [1.165, 1.54) is 5.56 Å². The lowest BCUT2D eigenvalue weighted by molar-refractivity contribution is 0.512. The van der Waals surface area contributed by atoms with Crippen molar-refractivity contribution >= 4 is 28.6 Å². The fourth-order valence-electron chi connectivity index (χ4n) is 2.08. The number of hydrogen-bond donors (Lipinski definition) is 0. The van der Waals surface area contributed by atoms with Crippen LogP contribution in [0.25, 0.3) is 0 Å². The molecule has 0 unspecified atom stereocenters. The Kier molecular flexibility index (Phi) is 4.49. The zero-order valence-electron chi connectivity index (χ0n) is 11.2. The monoisotopic (exact) mass is 328 g/mol. The van der Waals surface area contributed by atoms with Crippen LogP contribution in [0.2, 0.25) is 0 Å². The van der Waals surface area contributed by atoms with Gasteiger partial charge in [-0.05, 0) is 23.3 Å². The smallest absolute Gasteiger partial charge is 0.422 e. The standard InChI is InChI=1S/C15H15Cl2O2P/c1-15(2,12-6-4-3-5-7-12)13-8-10-14(11-9-13)19-20(16,17)18/h3-11H,1-2H3. The van der Waals surface area contributed by atoms with E-state index in [1.54, 1.807) is 12.1 Å². The van der Waals surface area contributed by atoms with E-state index in [9.17, 15) is 4.57 Å². The first-order chi connectivity index (χ1) is 9.29. The van der Waals surface area contributed by atoms with Crippen molar-refractivity contribution in [2.75, 3.05) is 0 Å². The summed E-state index contributed by atoms with van der Waals surface area (Å²) in [7, 11) is 0. The lowest BCUT2D eigenvalue weighted by atomic mass is 9.78. The van der Waals surface area contributed by atoms with Crippen LogP contribution in [0.5, 0.6) is 5.75 Å². The van der Waals surface area contributed by atoms with Crippen LogP contribution in [0.1, 0.15) is 25.0 Å². The Morgan fingerprint density at radius 2 is 1.40 bits per heavy atom. The average molecular weight is 329 g/mol. The van der Waals surface area contributed by atoms with Gasteiger partial charge in [-0.2, -0.15) is 0 Å². The third-order valence-corrected chi connectivity index (χ3v) is 4.12. The predicted molar refractivity (Wildman–Crippen MR) is 85.0 cm³/mol. The number of rotatable bonds is 4. The van der Waals surface area contributed by atoms with Crippen molar-refractivity contribution in [3.05, 3.63) is 65.7 Å². The summed E-state index contributed by atoms with van der Waals surface area (Å²) in [6, 6.07) is 17.5. The zero-order valence-corrected chi connectivity index (χ0v) is 13.6. The fourth-order valence-corrected chi connectivity index (χ4v) is 2.92. The van der Waals surface area contributed by atoms with Gasteiger partial charge in [0.25, 0.3) is 0 Å². The van der Waals surface area contributed by atoms with Crippen LogP contribution in [0.15, 0.2) is 54.6 Å². The minimum atomic E-state index is -3.56. The molecular formula is C15H15Cl2O2P. The predicted octanol–water partition coefficient (Wildman–Crippen LogP) is 5.98. The van der Waals surface area contributed by atoms with Gasteiger partial charge in [0.15, 0.2) is 0 Å². The maximum Gasteiger partial charge on any atom is 0.428 e. The first-order valence-electron chi connectivity index (χ1n) is 6.14. The van der Waals surface area contributed by atoms with Gasteiger partial charge in [0.05, 0.1) is 0 Å². The van der Waals surface area contributed by atoms with E-state index in [0.717, 1.165) is 5.56 Å². The quantitative estimate of drug-likeness (QED) is 0.645. The highest BCUT2D eigenvalue weighted by atomic mass is 35.9. The average Bonchev–Trinajstić information content (AvgIpc) is 2.38. The Bertz CT molecular complexity index is 618. The van der Waals surface area contributed by atoms with Gasteiger partial charge in [-0.25, -0.2) is 4.57 Å². The molecule has 20 heavy (non-hydrogen) atoms. The number of halogens is 2. The first kappa shape index (κ1) is 15.4. The molecule has 2 nitrogen and oxygen atoms in total. The zero-order chi connectivity index (χ0) is 14.8. The summed E-state index contributed by atoms with van der Waals surface area (Å²) in [5.74, 6) is 0.394. The van der Waals surface area contributed by atoms with Crippen molar-refractivity contribution in [1.82, 2.24) is 0 Å². The van der Waals surface area contributed by atoms with E-state index in [4.69, 9.17) is 27.0 Å². The Labute approximate surface area is 128 Å². The molecule has 0 spiro atoms. The molecule has 2 aromatic carbocycles. The third kappa shape index (κ3) is 3.79. The normalized spacial score (nSPS) is 12.2. The summed E-state index contributed by atoms with van der Waals surface area (Å²) in [5.41, 5.74) is 2.20. The van der Waals surface area contributed by atoms with Gasteiger partial charge in [0, 0.05) is 27.9 Å². The summed E-state index contributed by atoms with van der Waals surface area (Å²) >= 11 is 10.8. The van der Waals surface area contributed by atoms with Crippen LogP contribution in [-0.2, 0) is 9.98 Å². The van der Waals surface area contributed by atoms with Gasteiger partial charge >= 0.3 is 6.07 Å². The molecule has 5 heteroatoms. The summed E-state index contributed by atoms with van der Waals surface area (Å²) in [5, 5.41) is 0. The van der Waals surface area contributed by atoms with E-state index in [-0.39, 0.29) is 5.41 Å². The molecule has 0 aliphatic rings. The minimum Gasteiger partial charge on any atom is -0.422 e. The molecular weight excluding hydrogens is 314 g/mol. The maximum absolute atomic E-state index is 11.2. The summed E-state index contributed by atoms with van der Waals surface area (Å²) in [6.45, 7) is 4.29. The molecule has 106 valence electrons. The Morgan fingerprint density at radius 3 is 1.90 bits per heavy atom. The first-order valence-corrected chi connectivity index (χ1v) is 9.57. The molecule has 0 heterocycles. The molecule has 0 N–H and O–H groups in total. The second-order valence-corrected chi connectivity index (χ2v) is 9.22. The van der Waals surface area contributed by atoms with Gasteiger partial charge in [0.2, 0.25) is 0 Å². The van der Waals surface area contributed by atoms with Crippen LogP contribution in [-0.4, -0.2) is 0 Å². The minimum absolute atomic E-state index is 0.134. The van der Waals surface area contributed by atoms with Crippen molar-refractivity contribution in [1.29, 1.82) is 0 Å². The van der Waals surface area contributed by atoms with Gasteiger partial charge < -0.3 is 4.52 Å². The Morgan fingerprint density at radius 1 is 0.900 bits per heavy atom. The van der Waals surface area contributed by atoms with E-state index in [0.29, 0.717) is 5.75 Å². The molecule has 0 radical (unpaired) electrons. The summed E-state index contributed by atoms with van der Waals surface area (Å²) in [6.07, 6.45) is -3.56. The van der Waals surface area contributed by atoms with Crippen LogP contribution in [0, 0.1) is 0 Å². The van der Waals surface area contributed by atoms with Crippen molar-refractivity contribution in [2.24, 2.45) is 0 Å². The maximum atomic E-state index is 11.2. The second kappa shape index (κ2) is 5.81. The highest BCUT2D eigenvalue weighted by Gasteiger charge is 2.23. The van der Waals surface area contributed by atoms with Crippen LogP contribution in [0.4, 0.5) is 0 Å². The van der Waals surface area contributed by atoms with E-state index in [1.807, 2.05) is 30.3 Å². The van der Waals surface area contributed by atoms with Gasteiger partial charge in [0.1, 0.15) is 5.75 Å². The van der Waals surface area contributed by atoms with E-state index < -0.39 is 6.07 Å². The van der Waals surface area contributed by atoms with Crippen LogP contribution < -0.4 is 4.52 Å². The summed E-state index contributed by atoms with van der Waals surface area (Å²) in [4.78, 5) is 0. The fraction of sp³-hybridized carbons (Fsp3) is 0.200. The van der Waals surface area contributed by atoms with Crippen molar-refractivity contribution < 1.29 is 9.09 Å². The van der Waals surface area contributed by atoms with Crippen molar-refractivity contribution in [2.45, 2.75) is 19.3 Å². The van der Waals surface area contributed by atoms with Gasteiger partial charge in [-0.15, -0.1) is 0 Å². The second-order valence-electron chi connectivity index (χ2n) is 5.02.